The Bertz CT molecular complexity index is 1150. The topological polar surface area (TPSA) is 58.3 Å². The predicted molar refractivity (Wildman–Crippen MR) is 138 cm³/mol. The van der Waals surface area contributed by atoms with Gasteiger partial charge in [0.1, 0.15) is 0 Å². The van der Waals surface area contributed by atoms with Gasteiger partial charge in [0, 0.05) is 24.8 Å². The standard InChI is InChI=1S/C26H34N6OS/c1-20(30-16-8-5-9-17-30)24-28-31(26(34)32(24)23-10-6-4-7-11-23)19-29(3)18-21-12-14-22(15-13-21)25(33)27-2/h4,6-7,10-15,20H,5,8-9,16-19H2,1-3H3,(H,27,33)/t20-/m0/s1. The van der Waals surface area contributed by atoms with E-state index in [1.165, 1.54) is 19.3 Å². The van der Waals surface area contributed by atoms with Gasteiger partial charge in [0.2, 0.25) is 4.77 Å². The summed E-state index contributed by atoms with van der Waals surface area (Å²) in [5.74, 6) is 0.912. The van der Waals surface area contributed by atoms with Gasteiger partial charge >= 0.3 is 0 Å². The van der Waals surface area contributed by atoms with E-state index in [2.05, 4.69) is 45.8 Å². The molecule has 1 atom stereocenters. The Labute approximate surface area is 207 Å². The molecule has 2 aromatic carbocycles. The van der Waals surface area contributed by atoms with Gasteiger partial charge in [-0.25, -0.2) is 4.68 Å². The number of nitrogens with zero attached hydrogens (tertiary/aromatic N) is 5. The number of hydrogen-bond donors (Lipinski definition) is 1. The second kappa shape index (κ2) is 11.1. The van der Waals surface area contributed by atoms with Crippen molar-refractivity contribution in [3.05, 3.63) is 76.3 Å². The van der Waals surface area contributed by atoms with Crippen LogP contribution in [-0.2, 0) is 13.2 Å². The Balaban J connectivity index is 1.57. The number of carbonyl (C=O) groups excluding carboxylic acids is 1. The minimum Gasteiger partial charge on any atom is -0.355 e. The molecule has 3 aromatic rings. The maximum atomic E-state index is 11.8. The van der Waals surface area contributed by atoms with Gasteiger partial charge in [0.05, 0.1) is 12.7 Å². The van der Waals surface area contributed by atoms with Crippen LogP contribution in [0.25, 0.3) is 5.69 Å². The largest absolute Gasteiger partial charge is 0.355 e. The normalized spacial score (nSPS) is 15.4. The molecule has 1 N–H and O–H groups in total. The number of carbonyl (C=O) groups is 1. The summed E-state index contributed by atoms with van der Waals surface area (Å²) >= 11 is 5.93. The van der Waals surface area contributed by atoms with Gasteiger partial charge in [-0.05, 0) is 81.9 Å². The Kier molecular flexibility index (Phi) is 7.92. The molecule has 180 valence electrons. The number of piperidine rings is 1. The van der Waals surface area contributed by atoms with Crippen molar-refractivity contribution in [3.63, 3.8) is 0 Å². The smallest absolute Gasteiger partial charge is 0.251 e. The van der Waals surface area contributed by atoms with E-state index in [0.29, 0.717) is 17.0 Å². The molecular weight excluding hydrogens is 444 g/mol. The predicted octanol–water partition coefficient (Wildman–Crippen LogP) is 4.40. The monoisotopic (exact) mass is 478 g/mol. The second-order valence-corrected chi connectivity index (χ2v) is 9.38. The van der Waals surface area contributed by atoms with Crippen LogP contribution in [0, 0.1) is 4.77 Å². The first kappa shape index (κ1) is 24.3. The SMILES string of the molecule is CNC(=O)c1ccc(CN(C)Cn2nc([C@H](C)N3CCCCC3)n(-c3ccccc3)c2=S)cc1. The highest BCUT2D eigenvalue weighted by atomic mass is 32.1. The van der Waals surface area contributed by atoms with Crippen molar-refractivity contribution in [2.75, 3.05) is 27.2 Å². The molecule has 0 saturated carbocycles. The van der Waals surface area contributed by atoms with Crippen LogP contribution >= 0.6 is 12.2 Å². The number of benzene rings is 2. The average Bonchev–Trinajstić information content (AvgIpc) is 3.20. The van der Waals surface area contributed by atoms with E-state index in [-0.39, 0.29) is 11.9 Å². The molecule has 1 fully saturated rings. The van der Waals surface area contributed by atoms with E-state index in [1.54, 1.807) is 7.05 Å². The first-order chi connectivity index (χ1) is 16.5. The summed E-state index contributed by atoms with van der Waals surface area (Å²) in [6.07, 6.45) is 3.77. The number of rotatable bonds is 8. The molecule has 34 heavy (non-hydrogen) atoms. The highest BCUT2D eigenvalue weighted by molar-refractivity contribution is 7.71. The third-order valence-corrected chi connectivity index (χ3v) is 6.86. The van der Waals surface area contributed by atoms with Crippen molar-refractivity contribution in [1.82, 2.24) is 29.5 Å². The first-order valence-electron chi connectivity index (χ1n) is 12.0. The highest BCUT2D eigenvalue weighted by Gasteiger charge is 2.25. The van der Waals surface area contributed by atoms with Gasteiger partial charge in [-0.2, -0.15) is 5.10 Å². The molecule has 1 saturated heterocycles. The van der Waals surface area contributed by atoms with Crippen LogP contribution in [0.3, 0.4) is 0 Å². The van der Waals surface area contributed by atoms with Crippen molar-refractivity contribution < 1.29 is 4.79 Å². The number of aromatic nitrogens is 3. The van der Waals surface area contributed by atoms with Crippen LogP contribution in [0.1, 0.15) is 54.0 Å². The maximum Gasteiger partial charge on any atom is 0.251 e. The number of hydrogen-bond acceptors (Lipinski definition) is 5. The summed E-state index contributed by atoms with van der Waals surface area (Å²) in [6.45, 7) is 5.74. The number of amides is 1. The molecule has 1 aromatic heterocycles. The van der Waals surface area contributed by atoms with Gasteiger partial charge < -0.3 is 5.32 Å². The van der Waals surface area contributed by atoms with Crippen molar-refractivity contribution in [1.29, 1.82) is 0 Å². The molecule has 2 heterocycles. The average molecular weight is 479 g/mol. The van der Waals surface area contributed by atoms with E-state index < -0.39 is 0 Å². The van der Waals surface area contributed by atoms with Crippen molar-refractivity contribution in [2.45, 2.75) is 45.4 Å². The molecule has 7 nitrogen and oxygen atoms in total. The minimum atomic E-state index is -0.0759. The Morgan fingerprint density at radius 2 is 1.76 bits per heavy atom. The van der Waals surface area contributed by atoms with Gasteiger partial charge in [-0.1, -0.05) is 36.8 Å². The molecule has 8 heteroatoms. The Morgan fingerprint density at radius 3 is 2.41 bits per heavy atom. The lowest BCUT2D eigenvalue weighted by Gasteiger charge is -2.31. The molecule has 1 amide bonds. The van der Waals surface area contributed by atoms with Crippen LogP contribution < -0.4 is 5.32 Å². The van der Waals surface area contributed by atoms with E-state index in [9.17, 15) is 4.79 Å². The van der Waals surface area contributed by atoms with E-state index in [4.69, 9.17) is 17.3 Å². The molecule has 0 aliphatic carbocycles. The van der Waals surface area contributed by atoms with E-state index >= 15 is 0 Å². The summed E-state index contributed by atoms with van der Waals surface area (Å²) in [5, 5.41) is 7.69. The molecular formula is C26H34N6OS. The maximum absolute atomic E-state index is 11.8. The molecule has 0 bridgehead atoms. The molecule has 1 aliphatic rings. The molecule has 0 spiro atoms. The van der Waals surface area contributed by atoms with Gasteiger partial charge in [-0.3, -0.25) is 19.2 Å². The summed E-state index contributed by atoms with van der Waals surface area (Å²) in [5.41, 5.74) is 2.84. The summed E-state index contributed by atoms with van der Waals surface area (Å²) < 4.78 is 4.75. The fraction of sp³-hybridized carbons (Fsp3) is 0.423. The second-order valence-electron chi connectivity index (χ2n) is 9.02. The van der Waals surface area contributed by atoms with Crippen LogP contribution in [0.5, 0.6) is 0 Å². The third-order valence-electron chi connectivity index (χ3n) is 6.46. The highest BCUT2D eigenvalue weighted by Crippen LogP contribution is 2.26. The van der Waals surface area contributed by atoms with Gasteiger partial charge in [0.15, 0.2) is 5.82 Å². The summed E-state index contributed by atoms with van der Waals surface area (Å²) in [6, 6.07) is 18.2. The molecule has 0 unspecified atom stereocenters. The molecule has 1 aliphatic heterocycles. The fourth-order valence-corrected chi connectivity index (χ4v) is 4.87. The lowest BCUT2D eigenvalue weighted by molar-refractivity contribution is 0.0963. The zero-order chi connectivity index (χ0) is 24.1. The Hall–Kier alpha value is -2.81. The van der Waals surface area contributed by atoms with Crippen molar-refractivity contribution in [2.24, 2.45) is 0 Å². The zero-order valence-electron chi connectivity index (χ0n) is 20.3. The van der Waals surface area contributed by atoms with Crippen LogP contribution in [-0.4, -0.2) is 57.2 Å². The molecule has 0 radical (unpaired) electrons. The number of para-hydroxylation sites is 1. The quantitative estimate of drug-likeness (QED) is 0.487. The van der Waals surface area contributed by atoms with Crippen molar-refractivity contribution in [3.8, 4) is 5.69 Å². The third kappa shape index (κ3) is 5.46. The lowest BCUT2D eigenvalue weighted by atomic mass is 10.1. The zero-order valence-corrected chi connectivity index (χ0v) is 21.1. The van der Waals surface area contributed by atoms with E-state index in [0.717, 1.165) is 36.7 Å². The summed E-state index contributed by atoms with van der Waals surface area (Å²) in [4.78, 5) is 16.5. The summed E-state index contributed by atoms with van der Waals surface area (Å²) in [7, 11) is 3.70. The lowest BCUT2D eigenvalue weighted by Crippen LogP contribution is -2.33. The number of nitrogens with one attached hydrogen (secondary N) is 1. The number of likely N-dealkylation sites (tertiary alicyclic amines) is 1. The molecule has 4 rings (SSSR count). The minimum absolute atomic E-state index is 0.0759. The van der Waals surface area contributed by atoms with Gasteiger partial charge in [-0.15, -0.1) is 0 Å². The van der Waals surface area contributed by atoms with Crippen molar-refractivity contribution >= 4 is 18.1 Å². The van der Waals surface area contributed by atoms with Crippen LogP contribution in [0.4, 0.5) is 0 Å². The van der Waals surface area contributed by atoms with Gasteiger partial charge in [0.25, 0.3) is 5.91 Å². The fourth-order valence-electron chi connectivity index (χ4n) is 4.57. The first-order valence-corrected chi connectivity index (χ1v) is 12.4. The van der Waals surface area contributed by atoms with Crippen LogP contribution in [0.2, 0.25) is 0 Å². The van der Waals surface area contributed by atoms with E-state index in [1.807, 2.05) is 47.1 Å². The Morgan fingerprint density at radius 1 is 1.09 bits per heavy atom. The van der Waals surface area contributed by atoms with Crippen LogP contribution in [0.15, 0.2) is 54.6 Å².